The van der Waals surface area contributed by atoms with Gasteiger partial charge in [-0.3, -0.25) is 4.98 Å². The van der Waals surface area contributed by atoms with E-state index in [0.29, 0.717) is 11.6 Å². The summed E-state index contributed by atoms with van der Waals surface area (Å²) >= 11 is 0. The lowest BCUT2D eigenvalue weighted by Gasteiger charge is -2.33. The van der Waals surface area contributed by atoms with Gasteiger partial charge < -0.3 is 9.47 Å². The van der Waals surface area contributed by atoms with Gasteiger partial charge in [0.1, 0.15) is 23.4 Å². The molecule has 1 aliphatic rings. The molecule has 0 unspecified atom stereocenters. The van der Waals surface area contributed by atoms with Crippen molar-refractivity contribution in [1.29, 1.82) is 5.26 Å². The number of piperidine rings is 1. The molecule has 0 aromatic carbocycles. The second-order valence-corrected chi connectivity index (χ2v) is 6.51. The molecule has 3 aromatic heterocycles. The Balaban J connectivity index is 1.53. The summed E-state index contributed by atoms with van der Waals surface area (Å²) in [6, 6.07) is 13.7. The third-order valence-electron chi connectivity index (χ3n) is 4.77. The lowest BCUT2D eigenvalue weighted by molar-refractivity contribution is 0.473. The molecule has 0 bridgehead atoms. The number of hydrogen-bond donors (Lipinski definition) is 0. The fourth-order valence-electron chi connectivity index (χ4n) is 3.54. The summed E-state index contributed by atoms with van der Waals surface area (Å²) in [6.45, 7) is 2.55. The Morgan fingerprint density at radius 3 is 2.92 bits per heavy atom. The predicted octanol–water partition coefficient (Wildman–Crippen LogP) is 2.98. The third kappa shape index (κ3) is 3.42. The average Bonchev–Trinajstić information content (AvgIpc) is 3.17. The van der Waals surface area contributed by atoms with Gasteiger partial charge in [-0.1, -0.05) is 12.1 Å². The van der Waals surface area contributed by atoms with E-state index in [1.165, 1.54) is 0 Å². The number of hydrogen-bond acceptors (Lipinski definition) is 5. The minimum Gasteiger partial charge on any atom is -0.356 e. The molecule has 26 heavy (non-hydrogen) atoms. The van der Waals surface area contributed by atoms with Gasteiger partial charge in [-0.15, -0.1) is 0 Å². The van der Waals surface area contributed by atoms with E-state index in [2.05, 4.69) is 30.5 Å². The fraction of sp³-hybridized carbons (Fsp3) is 0.300. The maximum atomic E-state index is 9.09. The minimum absolute atomic E-state index is 0.343. The highest BCUT2D eigenvalue weighted by atomic mass is 15.2. The van der Waals surface area contributed by atoms with Crippen molar-refractivity contribution >= 4 is 5.82 Å². The Morgan fingerprint density at radius 2 is 2.08 bits per heavy atom. The Labute approximate surface area is 152 Å². The molecule has 0 radical (unpaired) electrons. The van der Waals surface area contributed by atoms with Crippen LogP contribution in [0.1, 0.15) is 36.0 Å². The van der Waals surface area contributed by atoms with Crippen LogP contribution < -0.4 is 4.90 Å². The van der Waals surface area contributed by atoms with Crippen LogP contribution in [0.25, 0.3) is 0 Å². The molecule has 1 saturated heterocycles. The Morgan fingerprint density at radius 1 is 1.12 bits per heavy atom. The summed E-state index contributed by atoms with van der Waals surface area (Å²) in [5.74, 6) is 2.31. The van der Waals surface area contributed by atoms with Gasteiger partial charge in [0.25, 0.3) is 0 Å². The molecule has 1 aliphatic heterocycles. The van der Waals surface area contributed by atoms with Crippen LogP contribution in [0, 0.1) is 11.3 Å². The highest BCUT2D eigenvalue weighted by molar-refractivity contribution is 5.42. The molecule has 0 aliphatic carbocycles. The van der Waals surface area contributed by atoms with Crippen LogP contribution in [0.2, 0.25) is 0 Å². The van der Waals surface area contributed by atoms with E-state index in [4.69, 9.17) is 5.26 Å². The minimum atomic E-state index is 0.343. The smallest absolute Gasteiger partial charge is 0.142 e. The van der Waals surface area contributed by atoms with Crippen molar-refractivity contribution in [1.82, 2.24) is 19.5 Å². The van der Waals surface area contributed by atoms with E-state index in [0.717, 1.165) is 49.8 Å². The molecular formula is C20H20N6. The van der Waals surface area contributed by atoms with Gasteiger partial charge in [-0.2, -0.15) is 5.26 Å². The second kappa shape index (κ2) is 7.36. The van der Waals surface area contributed by atoms with Crippen molar-refractivity contribution in [2.45, 2.75) is 25.3 Å². The van der Waals surface area contributed by atoms with Gasteiger partial charge in [0, 0.05) is 37.6 Å². The quantitative estimate of drug-likeness (QED) is 0.728. The highest BCUT2D eigenvalue weighted by Crippen LogP contribution is 2.28. The normalized spacial score (nSPS) is 17.0. The van der Waals surface area contributed by atoms with Gasteiger partial charge in [0.2, 0.25) is 0 Å². The number of imidazole rings is 1. The molecule has 3 aromatic rings. The predicted molar refractivity (Wildman–Crippen MR) is 98.7 cm³/mol. The monoisotopic (exact) mass is 344 g/mol. The molecule has 0 spiro atoms. The Hall–Kier alpha value is -3.20. The molecule has 130 valence electrons. The highest BCUT2D eigenvalue weighted by Gasteiger charge is 2.25. The zero-order valence-corrected chi connectivity index (χ0v) is 14.5. The lowest BCUT2D eigenvalue weighted by atomic mass is 9.97. The first kappa shape index (κ1) is 16.3. The number of nitrogens with zero attached hydrogens (tertiary/aromatic N) is 6. The van der Waals surface area contributed by atoms with Gasteiger partial charge in [-0.25, -0.2) is 9.97 Å². The van der Waals surface area contributed by atoms with Crippen molar-refractivity contribution in [3.63, 3.8) is 0 Å². The van der Waals surface area contributed by atoms with Crippen LogP contribution in [0.5, 0.6) is 0 Å². The summed E-state index contributed by atoms with van der Waals surface area (Å²) in [5, 5.41) is 9.09. The topological polar surface area (TPSA) is 70.6 Å². The van der Waals surface area contributed by atoms with Gasteiger partial charge in [-0.05, 0) is 37.1 Å². The summed E-state index contributed by atoms with van der Waals surface area (Å²) in [6.07, 6.45) is 7.90. The first-order valence-corrected chi connectivity index (χ1v) is 8.86. The van der Waals surface area contributed by atoms with Crippen molar-refractivity contribution in [3.8, 4) is 6.07 Å². The van der Waals surface area contributed by atoms with Crippen LogP contribution in [0.4, 0.5) is 5.82 Å². The lowest BCUT2D eigenvalue weighted by Crippen LogP contribution is -2.36. The molecule has 4 rings (SSSR count). The number of aromatic nitrogens is 4. The van der Waals surface area contributed by atoms with Gasteiger partial charge >= 0.3 is 0 Å². The molecule has 1 fully saturated rings. The fourth-order valence-corrected chi connectivity index (χ4v) is 3.54. The zero-order chi connectivity index (χ0) is 17.8. The van der Waals surface area contributed by atoms with E-state index in [1.54, 1.807) is 6.07 Å². The summed E-state index contributed by atoms with van der Waals surface area (Å²) in [4.78, 5) is 15.8. The van der Waals surface area contributed by atoms with E-state index in [9.17, 15) is 0 Å². The van der Waals surface area contributed by atoms with Crippen LogP contribution in [0.15, 0.2) is 55.0 Å². The molecule has 4 heterocycles. The van der Waals surface area contributed by atoms with Crippen molar-refractivity contribution < 1.29 is 0 Å². The molecule has 0 saturated carbocycles. The number of rotatable bonds is 4. The zero-order valence-electron chi connectivity index (χ0n) is 14.5. The third-order valence-corrected chi connectivity index (χ3v) is 4.77. The van der Waals surface area contributed by atoms with Crippen molar-refractivity contribution in [2.24, 2.45) is 0 Å². The van der Waals surface area contributed by atoms with Crippen molar-refractivity contribution in [3.05, 3.63) is 72.2 Å². The van der Waals surface area contributed by atoms with E-state index in [1.807, 2.05) is 48.9 Å². The van der Waals surface area contributed by atoms with E-state index < -0.39 is 0 Å². The molecular weight excluding hydrogens is 324 g/mol. The summed E-state index contributed by atoms with van der Waals surface area (Å²) in [7, 11) is 0. The maximum absolute atomic E-state index is 9.09. The summed E-state index contributed by atoms with van der Waals surface area (Å²) < 4.78 is 2.19. The number of nitriles is 1. The largest absolute Gasteiger partial charge is 0.356 e. The van der Waals surface area contributed by atoms with Crippen LogP contribution in [0.3, 0.4) is 0 Å². The number of anilines is 1. The maximum Gasteiger partial charge on any atom is 0.142 e. The number of pyridine rings is 2. The Kier molecular flexibility index (Phi) is 4.61. The summed E-state index contributed by atoms with van der Waals surface area (Å²) in [5.41, 5.74) is 1.49. The Bertz CT molecular complexity index is 911. The molecule has 6 heteroatoms. The SMILES string of the molecule is N#Cc1cccc(N2CCC[C@@H](c3nccn3Cc3ccccn3)C2)n1. The first-order valence-electron chi connectivity index (χ1n) is 8.86. The van der Waals surface area contributed by atoms with Gasteiger partial charge in [0.05, 0.1) is 12.2 Å². The van der Waals surface area contributed by atoms with Crippen LogP contribution >= 0.6 is 0 Å². The van der Waals surface area contributed by atoms with Crippen molar-refractivity contribution in [2.75, 3.05) is 18.0 Å². The van der Waals surface area contributed by atoms with Crippen LogP contribution in [-0.2, 0) is 6.54 Å². The molecule has 6 nitrogen and oxygen atoms in total. The molecule has 0 N–H and O–H groups in total. The average molecular weight is 344 g/mol. The standard InChI is InChI=1S/C20H20N6/c21-13-17-7-3-8-19(24-17)25-11-4-5-16(14-25)20-23-10-12-26(20)15-18-6-1-2-9-22-18/h1-3,6-10,12,16H,4-5,11,14-15H2/t16-/m1/s1. The van der Waals surface area contributed by atoms with Gasteiger partial charge in [0.15, 0.2) is 0 Å². The first-order chi connectivity index (χ1) is 12.8. The molecule has 0 amide bonds. The second-order valence-electron chi connectivity index (χ2n) is 6.51. The van der Waals surface area contributed by atoms with Crippen LogP contribution in [-0.4, -0.2) is 32.6 Å². The van der Waals surface area contributed by atoms with E-state index in [-0.39, 0.29) is 0 Å². The van der Waals surface area contributed by atoms with E-state index >= 15 is 0 Å². The molecule has 1 atom stereocenters.